The van der Waals surface area contributed by atoms with Gasteiger partial charge in [0, 0.05) is 11.8 Å². The molecule has 1 aliphatic carbocycles. The van der Waals surface area contributed by atoms with Gasteiger partial charge in [-0.25, -0.2) is 0 Å². The Morgan fingerprint density at radius 3 is 2.44 bits per heavy atom. The fourth-order valence-corrected chi connectivity index (χ4v) is 4.23. The van der Waals surface area contributed by atoms with Crippen LogP contribution in [0.4, 0.5) is 0 Å². The summed E-state index contributed by atoms with van der Waals surface area (Å²) in [5.74, 6) is 0.233. The lowest BCUT2D eigenvalue weighted by Gasteiger charge is -2.20. The molecular formula is C23H19NO. The van der Waals surface area contributed by atoms with Crippen LogP contribution >= 0.6 is 0 Å². The minimum absolute atomic E-state index is 0.233. The van der Waals surface area contributed by atoms with Gasteiger partial charge in [-0.15, -0.1) is 0 Å². The average molecular weight is 325 g/mol. The zero-order valence-corrected chi connectivity index (χ0v) is 14.0. The number of pyridine rings is 1. The van der Waals surface area contributed by atoms with Crippen LogP contribution in [0.2, 0.25) is 0 Å². The molecule has 5 rings (SSSR count). The summed E-state index contributed by atoms with van der Waals surface area (Å²) in [6.07, 6.45) is 6.58. The van der Waals surface area contributed by atoms with Crippen molar-refractivity contribution in [1.82, 2.24) is 4.98 Å². The van der Waals surface area contributed by atoms with Crippen molar-refractivity contribution in [2.45, 2.75) is 25.7 Å². The lowest BCUT2D eigenvalue weighted by molar-refractivity contribution is 0.475. The minimum Gasteiger partial charge on any atom is -0.506 e. The third-order valence-corrected chi connectivity index (χ3v) is 5.41. The topological polar surface area (TPSA) is 33.1 Å². The number of nitrogens with zero attached hydrogens (tertiary/aromatic N) is 1. The van der Waals surface area contributed by atoms with Crippen LogP contribution in [0.25, 0.3) is 32.8 Å². The van der Waals surface area contributed by atoms with E-state index in [1.165, 1.54) is 46.5 Å². The molecule has 2 heteroatoms. The van der Waals surface area contributed by atoms with Gasteiger partial charge in [0.05, 0.1) is 0 Å². The van der Waals surface area contributed by atoms with Crippen molar-refractivity contribution in [3.8, 4) is 17.0 Å². The summed E-state index contributed by atoms with van der Waals surface area (Å²) in [5.41, 5.74) is 4.63. The van der Waals surface area contributed by atoms with Crippen molar-refractivity contribution in [2.24, 2.45) is 0 Å². The molecule has 1 aliphatic rings. The van der Waals surface area contributed by atoms with Gasteiger partial charge in [-0.1, -0.05) is 36.4 Å². The summed E-state index contributed by atoms with van der Waals surface area (Å²) in [5, 5.41) is 15.4. The molecule has 0 bridgehead atoms. The smallest absolute Gasteiger partial charge is 0.141 e. The summed E-state index contributed by atoms with van der Waals surface area (Å²) in [6, 6.07) is 18.7. The molecule has 0 saturated carbocycles. The Kier molecular flexibility index (Phi) is 3.24. The Labute approximate surface area is 146 Å². The van der Waals surface area contributed by atoms with Crippen LogP contribution in [0.15, 0.2) is 60.8 Å². The largest absolute Gasteiger partial charge is 0.506 e. The fourth-order valence-electron chi connectivity index (χ4n) is 4.23. The maximum absolute atomic E-state index is 10.4. The maximum atomic E-state index is 10.4. The standard InChI is InChI=1S/C23H19NO/c25-22-10-5-13-24-23(22)21-14-20-16-7-2-1-6-15(16)11-12-19(20)17-8-3-4-9-18(17)21/h3-5,8-14,25H,1-2,6-7H2. The summed E-state index contributed by atoms with van der Waals surface area (Å²) >= 11 is 0. The first-order valence-corrected chi connectivity index (χ1v) is 8.93. The van der Waals surface area contributed by atoms with Gasteiger partial charge >= 0.3 is 0 Å². The van der Waals surface area contributed by atoms with Crippen LogP contribution in [0.1, 0.15) is 24.0 Å². The molecule has 25 heavy (non-hydrogen) atoms. The van der Waals surface area contributed by atoms with Gasteiger partial charge in [-0.05, 0) is 76.6 Å². The molecule has 0 fully saturated rings. The molecule has 0 amide bonds. The van der Waals surface area contributed by atoms with Gasteiger partial charge in [-0.3, -0.25) is 4.98 Å². The van der Waals surface area contributed by atoms with Crippen molar-refractivity contribution < 1.29 is 5.11 Å². The second-order valence-electron chi connectivity index (χ2n) is 6.85. The minimum atomic E-state index is 0.233. The van der Waals surface area contributed by atoms with E-state index in [4.69, 9.17) is 0 Å². The lowest BCUT2D eigenvalue weighted by Crippen LogP contribution is -2.03. The molecule has 1 aromatic heterocycles. The van der Waals surface area contributed by atoms with Gasteiger partial charge in [0.1, 0.15) is 11.4 Å². The van der Waals surface area contributed by atoms with E-state index >= 15 is 0 Å². The van der Waals surface area contributed by atoms with E-state index in [0.717, 1.165) is 17.4 Å². The number of hydrogen-bond acceptors (Lipinski definition) is 2. The van der Waals surface area contributed by atoms with Crippen LogP contribution in [0.5, 0.6) is 5.75 Å². The van der Waals surface area contributed by atoms with Gasteiger partial charge < -0.3 is 5.11 Å². The fraction of sp³-hybridized carbons (Fsp3) is 0.174. The quantitative estimate of drug-likeness (QED) is 0.459. The number of benzene rings is 3. The predicted molar refractivity (Wildman–Crippen MR) is 103 cm³/mol. The first-order valence-electron chi connectivity index (χ1n) is 8.93. The van der Waals surface area contributed by atoms with E-state index in [-0.39, 0.29) is 5.75 Å². The van der Waals surface area contributed by atoms with Crippen LogP contribution in [0.3, 0.4) is 0 Å². The third kappa shape index (κ3) is 2.21. The predicted octanol–water partition coefficient (Wildman–Crippen LogP) is 5.64. The van der Waals surface area contributed by atoms with Gasteiger partial charge in [0.2, 0.25) is 0 Å². The normalized spacial score (nSPS) is 13.9. The summed E-state index contributed by atoms with van der Waals surface area (Å²) in [7, 11) is 0. The number of aromatic hydroxyl groups is 1. The van der Waals surface area contributed by atoms with Crippen molar-refractivity contribution >= 4 is 21.5 Å². The van der Waals surface area contributed by atoms with Crippen molar-refractivity contribution in [3.05, 3.63) is 71.9 Å². The van der Waals surface area contributed by atoms with Crippen molar-refractivity contribution in [3.63, 3.8) is 0 Å². The third-order valence-electron chi connectivity index (χ3n) is 5.41. The molecule has 122 valence electrons. The number of rotatable bonds is 1. The molecule has 4 aromatic rings. The molecule has 0 unspecified atom stereocenters. The molecule has 0 aliphatic heterocycles. The Morgan fingerprint density at radius 1 is 0.760 bits per heavy atom. The molecule has 1 N–H and O–H groups in total. The monoisotopic (exact) mass is 325 g/mol. The molecular weight excluding hydrogens is 306 g/mol. The Hall–Kier alpha value is -2.87. The van der Waals surface area contributed by atoms with Gasteiger partial charge in [0.15, 0.2) is 0 Å². The number of fused-ring (bicyclic) bond motifs is 5. The first-order chi connectivity index (χ1) is 12.3. The second kappa shape index (κ2) is 5.59. The lowest BCUT2D eigenvalue weighted by atomic mass is 9.85. The van der Waals surface area contributed by atoms with Crippen molar-refractivity contribution in [2.75, 3.05) is 0 Å². The summed E-state index contributed by atoms with van der Waals surface area (Å²) in [6.45, 7) is 0. The average Bonchev–Trinajstić information content (AvgIpc) is 2.67. The molecule has 0 spiro atoms. The highest BCUT2D eigenvalue weighted by atomic mass is 16.3. The zero-order valence-electron chi connectivity index (χ0n) is 14.0. The molecule has 0 saturated heterocycles. The maximum Gasteiger partial charge on any atom is 0.141 e. The Bertz CT molecular complexity index is 1110. The number of aryl methyl sites for hydroxylation is 2. The molecule has 1 heterocycles. The van der Waals surface area contributed by atoms with Crippen LogP contribution in [-0.2, 0) is 12.8 Å². The van der Waals surface area contributed by atoms with E-state index in [1.54, 1.807) is 18.3 Å². The molecule has 0 radical (unpaired) electrons. The van der Waals surface area contributed by atoms with E-state index in [2.05, 4.69) is 47.4 Å². The Balaban J connectivity index is 1.95. The van der Waals surface area contributed by atoms with Crippen LogP contribution < -0.4 is 0 Å². The van der Waals surface area contributed by atoms with Crippen LogP contribution in [0, 0.1) is 0 Å². The number of hydrogen-bond donors (Lipinski definition) is 1. The first kappa shape index (κ1) is 14.5. The summed E-state index contributed by atoms with van der Waals surface area (Å²) < 4.78 is 0. The van der Waals surface area contributed by atoms with E-state index in [0.29, 0.717) is 5.69 Å². The van der Waals surface area contributed by atoms with Crippen LogP contribution in [-0.4, -0.2) is 10.1 Å². The van der Waals surface area contributed by atoms with Crippen molar-refractivity contribution in [1.29, 1.82) is 0 Å². The number of aromatic nitrogens is 1. The van der Waals surface area contributed by atoms with Gasteiger partial charge in [-0.2, -0.15) is 0 Å². The zero-order chi connectivity index (χ0) is 16.8. The summed E-state index contributed by atoms with van der Waals surface area (Å²) in [4.78, 5) is 4.47. The Morgan fingerprint density at radius 2 is 1.56 bits per heavy atom. The van der Waals surface area contributed by atoms with Gasteiger partial charge in [0.25, 0.3) is 0 Å². The SMILES string of the molecule is Oc1cccnc1-c1cc2c3c(ccc2c2ccccc12)CCCC3. The van der Waals surface area contributed by atoms with E-state index < -0.39 is 0 Å². The molecule has 3 aromatic carbocycles. The van der Waals surface area contributed by atoms with E-state index in [9.17, 15) is 5.11 Å². The second-order valence-corrected chi connectivity index (χ2v) is 6.85. The van der Waals surface area contributed by atoms with E-state index in [1.807, 2.05) is 0 Å². The highest BCUT2D eigenvalue weighted by molar-refractivity contribution is 6.14. The molecule has 2 nitrogen and oxygen atoms in total. The highest BCUT2D eigenvalue weighted by Crippen LogP contribution is 2.40. The highest BCUT2D eigenvalue weighted by Gasteiger charge is 2.17. The molecule has 0 atom stereocenters.